The number of methoxy groups -OCH3 is 1. The molecule has 1 aliphatic heterocycles. The monoisotopic (exact) mass is 388 g/mol. The summed E-state index contributed by atoms with van der Waals surface area (Å²) in [6.45, 7) is 1.03. The molecule has 3 rings (SSSR count). The number of rotatable bonds is 7. The van der Waals surface area contributed by atoms with Gasteiger partial charge in [-0.2, -0.15) is 0 Å². The number of carbonyl (C=O) groups excluding carboxylic acids is 4. The van der Waals surface area contributed by atoms with E-state index in [4.69, 9.17) is 4.74 Å². The van der Waals surface area contributed by atoms with Gasteiger partial charge in [0, 0.05) is 13.1 Å². The lowest BCUT2D eigenvalue weighted by Crippen LogP contribution is -2.46. The zero-order chi connectivity index (χ0) is 20.5. The van der Waals surface area contributed by atoms with Crippen molar-refractivity contribution in [2.45, 2.75) is 31.3 Å². The van der Waals surface area contributed by atoms with Crippen LogP contribution in [-0.2, 0) is 19.9 Å². The molecule has 0 aromatic heterocycles. The highest BCUT2D eigenvalue weighted by molar-refractivity contribution is 6.09. The third kappa shape index (κ3) is 3.92. The largest absolute Gasteiger partial charge is 0.497 e. The van der Waals surface area contributed by atoms with Crippen LogP contribution in [0.2, 0.25) is 0 Å². The maximum atomic E-state index is 12.9. The van der Waals surface area contributed by atoms with E-state index in [-0.39, 0.29) is 18.5 Å². The van der Waals surface area contributed by atoms with Crippen molar-refractivity contribution in [1.29, 1.82) is 0 Å². The van der Waals surface area contributed by atoms with Gasteiger partial charge in [0.15, 0.2) is 0 Å². The van der Waals surface area contributed by atoms with Crippen LogP contribution >= 0.6 is 0 Å². The Hall–Kier alpha value is -3.10. The number of benzene rings is 1. The molecule has 0 bridgehead atoms. The molecular formula is C19H24N4O5. The topological polar surface area (TPSA) is 108 Å². The number of nitrogens with one attached hydrogen (secondary N) is 2. The van der Waals surface area contributed by atoms with E-state index < -0.39 is 29.9 Å². The van der Waals surface area contributed by atoms with Gasteiger partial charge in [-0.05, 0) is 37.5 Å². The highest BCUT2D eigenvalue weighted by Gasteiger charge is 2.49. The summed E-state index contributed by atoms with van der Waals surface area (Å²) in [6.07, 6.45) is 1.91. The van der Waals surface area contributed by atoms with E-state index in [1.807, 2.05) is 0 Å². The molecule has 5 amide bonds. The SMILES string of the molecule is COc1cccc([C@@]2(C)NC(=O)N(CC(=O)N(C)CC(=O)NC3CC3)C2=O)c1. The van der Waals surface area contributed by atoms with Crippen molar-refractivity contribution in [2.75, 3.05) is 27.2 Å². The molecule has 2 aliphatic rings. The standard InChI is InChI=1S/C19H24N4O5/c1-19(12-5-4-6-14(9-12)28-3)17(26)23(18(27)21-19)11-16(25)22(2)10-15(24)20-13-7-8-13/h4-6,9,13H,7-8,10-11H2,1-3H3,(H,20,24)(H,21,27)/t19-/m1/s1. The molecule has 0 radical (unpaired) electrons. The maximum absolute atomic E-state index is 12.9. The number of likely N-dealkylation sites (N-methyl/N-ethyl adjacent to an activating group) is 1. The first-order chi connectivity index (χ1) is 13.2. The van der Waals surface area contributed by atoms with Gasteiger partial charge in [0.05, 0.1) is 13.7 Å². The molecule has 1 saturated heterocycles. The smallest absolute Gasteiger partial charge is 0.325 e. The minimum atomic E-state index is -1.30. The number of carbonyl (C=O) groups is 4. The minimum Gasteiger partial charge on any atom is -0.497 e. The number of imide groups is 1. The number of hydrogen-bond acceptors (Lipinski definition) is 5. The predicted octanol–water partition coefficient (Wildman–Crippen LogP) is 0.199. The average Bonchev–Trinajstić information content (AvgIpc) is 3.45. The highest BCUT2D eigenvalue weighted by Crippen LogP contribution is 2.30. The zero-order valence-electron chi connectivity index (χ0n) is 16.2. The van der Waals surface area contributed by atoms with Crippen LogP contribution in [0.25, 0.3) is 0 Å². The molecule has 1 aromatic carbocycles. The molecule has 1 heterocycles. The third-order valence-corrected chi connectivity index (χ3v) is 4.96. The first kappa shape index (κ1) is 19.7. The molecule has 1 saturated carbocycles. The van der Waals surface area contributed by atoms with Gasteiger partial charge < -0.3 is 20.3 Å². The molecule has 9 heteroatoms. The lowest BCUT2D eigenvalue weighted by Gasteiger charge is -2.23. The van der Waals surface area contributed by atoms with Gasteiger partial charge in [-0.15, -0.1) is 0 Å². The Balaban J connectivity index is 1.67. The number of amides is 5. The van der Waals surface area contributed by atoms with Gasteiger partial charge in [0.2, 0.25) is 11.8 Å². The lowest BCUT2D eigenvalue weighted by molar-refractivity contribution is -0.139. The minimum absolute atomic E-state index is 0.119. The quantitative estimate of drug-likeness (QED) is 0.649. The third-order valence-electron chi connectivity index (χ3n) is 4.96. The summed E-state index contributed by atoms with van der Waals surface area (Å²) < 4.78 is 5.18. The number of hydrogen-bond donors (Lipinski definition) is 2. The molecule has 1 aromatic rings. The van der Waals surface area contributed by atoms with Crippen LogP contribution in [0.15, 0.2) is 24.3 Å². The van der Waals surface area contributed by atoms with Gasteiger partial charge in [-0.3, -0.25) is 19.3 Å². The van der Waals surface area contributed by atoms with Crippen molar-refractivity contribution in [3.63, 3.8) is 0 Å². The van der Waals surface area contributed by atoms with E-state index in [1.54, 1.807) is 31.2 Å². The number of urea groups is 1. The van der Waals surface area contributed by atoms with E-state index >= 15 is 0 Å². The van der Waals surface area contributed by atoms with Crippen LogP contribution < -0.4 is 15.4 Å². The Bertz CT molecular complexity index is 822. The summed E-state index contributed by atoms with van der Waals surface area (Å²) in [5.41, 5.74) is -0.745. The van der Waals surface area contributed by atoms with Crippen LogP contribution in [-0.4, -0.2) is 66.8 Å². The molecule has 1 atom stereocenters. The Morgan fingerprint density at radius 3 is 2.71 bits per heavy atom. The first-order valence-electron chi connectivity index (χ1n) is 9.06. The van der Waals surface area contributed by atoms with Crippen LogP contribution in [0.5, 0.6) is 5.75 Å². The number of nitrogens with zero attached hydrogens (tertiary/aromatic N) is 2. The van der Waals surface area contributed by atoms with E-state index in [0.29, 0.717) is 11.3 Å². The second-order valence-electron chi connectivity index (χ2n) is 7.27. The normalized spacial score (nSPS) is 21.3. The summed E-state index contributed by atoms with van der Waals surface area (Å²) in [5, 5.41) is 5.44. The number of ether oxygens (including phenoxy) is 1. The Labute approximate surface area is 163 Å². The van der Waals surface area contributed by atoms with E-state index in [2.05, 4.69) is 10.6 Å². The van der Waals surface area contributed by atoms with Crippen molar-refractivity contribution >= 4 is 23.8 Å². The molecule has 2 fully saturated rings. The average molecular weight is 388 g/mol. The molecule has 2 N–H and O–H groups in total. The molecule has 150 valence electrons. The Morgan fingerprint density at radius 2 is 2.07 bits per heavy atom. The van der Waals surface area contributed by atoms with Crippen molar-refractivity contribution < 1.29 is 23.9 Å². The predicted molar refractivity (Wildman–Crippen MR) is 99.4 cm³/mol. The molecule has 28 heavy (non-hydrogen) atoms. The summed E-state index contributed by atoms with van der Waals surface area (Å²) >= 11 is 0. The lowest BCUT2D eigenvalue weighted by atomic mass is 9.92. The Kier molecular flexibility index (Phi) is 5.26. The van der Waals surface area contributed by atoms with Crippen molar-refractivity contribution in [3.8, 4) is 5.75 Å². The zero-order valence-corrected chi connectivity index (χ0v) is 16.2. The molecule has 0 spiro atoms. The van der Waals surface area contributed by atoms with Crippen LogP contribution in [0.3, 0.4) is 0 Å². The first-order valence-corrected chi connectivity index (χ1v) is 9.06. The van der Waals surface area contributed by atoms with E-state index in [1.165, 1.54) is 19.1 Å². The summed E-state index contributed by atoms with van der Waals surface area (Å²) in [4.78, 5) is 51.7. The second-order valence-corrected chi connectivity index (χ2v) is 7.27. The summed E-state index contributed by atoms with van der Waals surface area (Å²) in [7, 11) is 2.98. The van der Waals surface area contributed by atoms with Gasteiger partial charge in [-0.1, -0.05) is 12.1 Å². The van der Waals surface area contributed by atoms with E-state index in [9.17, 15) is 19.2 Å². The van der Waals surface area contributed by atoms with Crippen LogP contribution in [0.1, 0.15) is 25.3 Å². The second kappa shape index (κ2) is 7.49. The van der Waals surface area contributed by atoms with Crippen molar-refractivity contribution in [1.82, 2.24) is 20.4 Å². The fourth-order valence-electron chi connectivity index (χ4n) is 3.03. The van der Waals surface area contributed by atoms with Crippen molar-refractivity contribution in [3.05, 3.63) is 29.8 Å². The fraction of sp³-hybridized carbons (Fsp3) is 0.474. The van der Waals surface area contributed by atoms with Gasteiger partial charge in [-0.25, -0.2) is 4.79 Å². The molecule has 0 unspecified atom stereocenters. The fourth-order valence-corrected chi connectivity index (χ4v) is 3.03. The van der Waals surface area contributed by atoms with Gasteiger partial charge in [0.25, 0.3) is 5.91 Å². The van der Waals surface area contributed by atoms with Crippen LogP contribution in [0.4, 0.5) is 4.79 Å². The van der Waals surface area contributed by atoms with Crippen molar-refractivity contribution in [2.24, 2.45) is 0 Å². The highest BCUT2D eigenvalue weighted by atomic mass is 16.5. The summed E-state index contributed by atoms with van der Waals surface area (Å²) in [6, 6.07) is 6.37. The van der Waals surface area contributed by atoms with Gasteiger partial charge in [0.1, 0.15) is 17.8 Å². The molecule has 9 nitrogen and oxygen atoms in total. The molecule has 1 aliphatic carbocycles. The molecular weight excluding hydrogens is 364 g/mol. The van der Waals surface area contributed by atoms with Gasteiger partial charge >= 0.3 is 6.03 Å². The van der Waals surface area contributed by atoms with Crippen LogP contribution in [0, 0.1) is 0 Å². The summed E-state index contributed by atoms with van der Waals surface area (Å²) in [5.74, 6) is -0.729. The van der Waals surface area contributed by atoms with E-state index in [0.717, 1.165) is 17.7 Å². The maximum Gasteiger partial charge on any atom is 0.325 e. The Morgan fingerprint density at radius 1 is 1.36 bits per heavy atom.